The summed E-state index contributed by atoms with van der Waals surface area (Å²) in [6.45, 7) is 1.16. The molecule has 0 aliphatic carbocycles. The molecule has 0 aliphatic rings. The van der Waals surface area contributed by atoms with Crippen molar-refractivity contribution in [2.24, 2.45) is 0 Å². The number of nitrogens with zero attached hydrogens (tertiary/aromatic N) is 5. The third kappa shape index (κ3) is 3.85. The molecule has 0 spiro atoms. The Labute approximate surface area is 157 Å². The monoisotopic (exact) mass is 386 g/mol. The van der Waals surface area contributed by atoms with Crippen molar-refractivity contribution in [1.29, 1.82) is 0 Å². The first-order valence-electron chi connectivity index (χ1n) is 7.87. The van der Waals surface area contributed by atoms with Gasteiger partial charge in [-0.2, -0.15) is 4.98 Å². The van der Waals surface area contributed by atoms with E-state index < -0.39 is 23.4 Å². The zero-order valence-electron chi connectivity index (χ0n) is 14.8. The fourth-order valence-corrected chi connectivity index (χ4v) is 2.27. The number of fused-ring (bicyclic) bond motifs is 1. The van der Waals surface area contributed by atoms with Gasteiger partial charge < -0.3 is 14.8 Å². The van der Waals surface area contributed by atoms with Gasteiger partial charge in [-0.3, -0.25) is 14.9 Å². The van der Waals surface area contributed by atoms with Crippen LogP contribution in [0.15, 0.2) is 30.5 Å². The number of amides is 1. The van der Waals surface area contributed by atoms with E-state index in [1.807, 2.05) is 0 Å². The molecular weight excluding hydrogens is 372 g/mol. The number of benzene rings is 1. The van der Waals surface area contributed by atoms with Gasteiger partial charge in [0.2, 0.25) is 0 Å². The minimum Gasteiger partial charge on any atom is -0.494 e. The van der Waals surface area contributed by atoms with Crippen molar-refractivity contribution >= 4 is 29.0 Å². The Morgan fingerprint density at radius 3 is 2.79 bits per heavy atom. The molecule has 0 atom stereocenters. The van der Waals surface area contributed by atoms with E-state index in [0.29, 0.717) is 0 Å². The molecule has 1 amide bonds. The van der Waals surface area contributed by atoms with Crippen molar-refractivity contribution < 1.29 is 24.0 Å². The minimum atomic E-state index is -0.893. The summed E-state index contributed by atoms with van der Waals surface area (Å²) < 4.78 is 11.3. The lowest BCUT2D eigenvalue weighted by Crippen LogP contribution is -2.21. The smallest absolute Gasteiger partial charge is 0.378 e. The summed E-state index contributed by atoms with van der Waals surface area (Å²) in [6, 6.07) is 5.38. The lowest BCUT2D eigenvalue weighted by atomic mass is 10.2. The first kappa shape index (κ1) is 18.7. The van der Waals surface area contributed by atoms with Crippen LogP contribution in [0.3, 0.4) is 0 Å². The molecule has 0 aliphatic heterocycles. The maximum Gasteiger partial charge on any atom is 0.378 e. The van der Waals surface area contributed by atoms with E-state index in [9.17, 15) is 19.7 Å². The van der Waals surface area contributed by atoms with Crippen LogP contribution in [0.2, 0.25) is 0 Å². The maximum atomic E-state index is 12.1. The number of ether oxygens (including phenoxy) is 2. The molecule has 3 aromatic rings. The van der Waals surface area contributed by atoms with Gasteiger partial charge >= 0.3 is 5.97 Å². The number of carbonyl (C=O) groups excluding carboxylic acids is 2. The van der Waals surface area contributed by atoms with E-state index in [2.05, 4.69) is 20.4 Å². The van der Waals surface area contributed by atoms with Crippen LogP contribution >= 0.6 is 0 Å². The van der Waals surface area contributed by atoms with E-state index in [-0.39, 0.29) is 28.7 Å². The van der Waals surface area contributed by atoms with E-state index in [4.69, 9.17) is 9.47 Å². The molecule has 28 heavy (non-hydrogen) atoms. The van der Waals surface area contributed by atoms with Crippen molar-refractivity contribution in [3.8, 4) is 5.75 Å². The van der Waals surface area contributed by atoms with Crippen LogP contribution in [0, 0.1) is 17.0 Å². The van der Waals surface area contributed by atoms with E-state index in [0.717, 1.165) is 11.8 Å². The molecule has 0 bridgehead atoms. The molecule has 144 valence electrons. The van der Waals surface area contributed by atoms with E-state index in [1.54, 1.807) is 13.0 Å². The first-order valence-corrected chi connectivity index (χ1v) is 7.87. The van der Waals surface area contributed by atoms with Gasteiger partial charge in [0.15, 0.2) is 6.61 Å². The number of non-ortho nitro benzene ring substituents is 1. The number of rotatable bonds is 6. The first-order chi connectivity index (χ1) is 13.4. The summed E-state index contributed by atoms with van der Waals surface area (Å²) in [6.07, 6.45) is 1.53. The number of esters is 1. The Balaban J connectivity index is 1.64. The number of aromatic nitrogens is 4. The van der Waals surface area contributed by atoms with E-state index in [1.165, 1.54) is 30.0 Å². The number of anilines is 1. The SMILES string of the molecule is COc1cc([N+](=O)[O-])ccc1NC(=O)COC(=O)c1nc2nccc(C)n2n1. The quantitative estimate of drug-likeness (QED) is 0.373. The molecule has 1 N–H and O–H groups in total. The topological polar surface area (TPSA) is 151 Å². The third-order valence-corrected chi connectivity index (χ3v) is 3.62. The Hall–Kier alpha value is -4.09. The number of hydrogen-bond donors (Lipinski definition) is 1. The Kier molecular flexibility index (Phi) is 5.11. The maximum absolute atomic E-state index is 12.1. The predicted octanol–water partition coefficient (Wildman–Crippen LogP) is 1.15. The van der Waals surface area contributed by atoms with Gasteiger partial charge in [-0.1, -0.05) is 0 Å². The Bertz CT molecular complexity index is 1080. The Morgan fingerprint density at radius 2 is 2.11 bits per heavy atom. The molecule has 0 fully saturated rings. The number of aryl methyl sites for hydroxylation is 1. The standard InChI is InChI=1S/C16H14N6O6/c1-9-5-6-17-16-19-14(20-21(9)16)15(24)28-8-13(23)18-11-4-3-10(22(25)26)7-12(11)27-2/h3-7H,8H2,1-2H3,(H,18,23). The van der Waals surface area contributed by atoms with Crippen molar-refractivity contribution in [2.45, 2.75) is 6.92 Å². The van der Waals surface area contributed by atoms with Gasteiger partial charge in [0, 0.05) is 18.0 Å². The number of methoxy groups -OCH3 is 1. The fraction of sp³-hybridized carbons (Fsp3) is 0.188. The molecular formula is C16H14N6O6. The molecule has 12 heteroatoms. The molecule has 0 unspecified atom stereocenters. The normalized spacial score (nSPS) is 10.5. The van der Waals surface area contributed by atoms with Gasteiger partial charge in [-0.25, -0.2) is 14.3 Å². The third-order valence-electron chi connectivity index (χ3n) is 3.62. The number of hydrogen-bond acceptors (Lipinski definition) is 9. The average molecular weight is 386 g/mol. The lowest BCUT2D eigenvalue weighted by molar-refractivity contribution is -0.384. The van der Waals surface area contributed by atoms with Crippen LogP contribution in [0.1, 0.15) is 16.3 Å². The minimum absolute atomic E-state index is 0.0949. The van der Waals surface area contributed by atoms with Gasteiger partial charge in [0.05, 0.1) is 23.8 Å². The average Bonchev–Trinajstić information content (AvgIpc) is 3.12. The van der Waals surface area contributed by atoms with Crippen LogP contribution in [0.5, 0.6) is 5.75 Å². The van der Waals surface area contributed by atoms with Crippen LogP contribution in [-0.2, 0) is 9.53 Å². The highest BCUT2D eigenvalue weighted by Gasteiger charge is 2.18. The zero-order valence-corrected chi connectivity index (χ0v) is 14.8. The summed E-state index contributed by atoms with van der Waals surface area (Å²) in [5, 5.41) is 17.2. The van der Waals surface area contributed by atoms with Crippen molar-refractivity contribution in [1.82, 2.24) is 19.6 Å². The largest absolute Gasteiger partial charge is 0.494 e. The summed E-state index contributed by atoms with van der Waals surface area (Å²) in [5.74, 6) is -1.47. The molecule has 12 nitrogen and oxygen atoms in total. The molecule has 2 aromatic heterocycles. The second-order valence-electron chi connectivity index (χ2n) is 5.50. The second-order valence-corrected chi connectivity index (χ2v) is 5.50. The van der Waals surface area contributed by atoms with Gasteiger partial charge in [-0.05, 0) is 19.1 Å². The van der Waals surface area contributed by atoms with Crippen LogP contribution in [0.25, 0.3) is 5.78 Å². The van der Waals surface area contributed by atoms with Crippen LogP contribution < -0.4 is 10.1 Å². The van der Waals surface area contributed by atoms with Gasteiger partial charge in [-0.15, -0.1) is 5.10 Å². The van der Waals surface area contributed by atoms with Gasteiger partial charge in [0.25, 0.3) is 23.2 Å². The van der Waals surface area contributed by atoms with Crippen molar-refractivity contribution in [3.05, 3.63) is 52.1 Å². The highest BCUT2D eigenvalue weighted by molar-refractivity contribution is 5.95. The number of nitrogens with one attached hydrogen (secondary N) is 1. The molecule has 0 radical (unpaired) electrons. The Morgan fingerprint density at radius 1 is 1.32 bits per heavy atom. The molecule has 0 saturated heterocycles. The highest BCUT2D eigenvalue weighted by Crippen LogP contribution is 2.28. The van der Waals surface area contributed by atoms with Crippen LogP contribution in [0.4, 0.5) is 11.4 Å². The van der Waals surface area contributed by atoms with Crippen LogP contribution in [-0.4, -0.2) is 50.1 Å². The molecule has 1 aromatic carbocycles. The fourth-order valence-electron chi connectivity index (χ4n) is 2.27. The summed E-state index contributed by atoms with van der Waals surface area (Å²) in [7, 11) is 1.31. The summed E-state index contributed by atoms with van der Waals surface area (Å²) in [5.41, 5.74) is 0.725. The van der Waals surface area contributed by atoms with Crippen molar-refractivity contribution in [3.63, 3.8) is 0 Å². The van der Waals surface area contributed by atoms with Crippen molar-refractivity contribution in [2.75, 3.05) is 19.0 Å². The number of nitro benzene ring substituents is 1. The van der Waals surface area contributed by atoms with Gasteiger partial charge in [0.1, 0.15) is 5.75 Å². The second kappa shape index (κ2) is 7.65. The number of nitro groups is 1. The number of carbonyl (C=O) groups is 2. The summed E-state index contributed by atoms with van der Waals surface area (Å²) in [4.78, 5) is 42.2. The lowest BCUT2D eigenvalue weighted by Gasteiger charge is -2.09. The highest BCUT2D eigenvalue weighted by atomic mass is 16.6. The summed E-state index contributed by atoms with van der Waals surface area (Å²) >= 11 is 0. The molecule has 0 saturated carbocycles. The zero-order chi connectivity index (χ0) is 20.3. The molecule has 2 heterocycles. The predicted molar refractivity (Wildman–Crippen MR) is 94.1 cm³/mol. The molecule has 3 rings (SSSR count). The van der Waals surface area contributed by atoms with E-state index >= 15 is 0 Å².